The Labute approximate surface area is 120 Å². The Hall–Kier alpha value is -1.77. The number of benzene rings is 1. The van der Waals surface area contributed by atoms with Crippen molar-refractivity contribution >= 4 is 5.69 Å². The van der Waals surface area contributed by atoms with Gasteiger partial charge in [0.25, 0.3) is 0 Å². The fraction of sp³-hybridized carbons (Fsp3) is 0.471. The van der Waals surface area contributed by atoms with Crippen LogP contribution in [0.3, 0.4) is 0 Å². The fourth-order valence-corrected chi connectivity index (χ4v) is 3.31. The van der Waals surface area contributed by atoms with Crippen LogP contribution < -0.4 is 5.73 Å². The number of anilines is 1. The van der Waals surface area contributed by atoms with E-state index in [4.69, 9.17) is 10.8 Å². The first-order valence-corrected chi connectivity index (χ1v) is 7.57. The Morgan fingerprint density at radius 2 is 1.70 bits per heavy atom. The van der Waals surface area contributed by atoms with Crippen LogP contribution in [0.5, 0.6) is 0 Å². The summed E-state index contributed by atoms with van der Waals surface area (Å²) < 4.78 is 1.94. The molecule has 2 N–H and O–H groups in total. The van der Waals surface area contributed by atoms with Crippen molar-refractivity contribution in [1.29, 1.82) is 0 Å². The van der Waals surface area contributed by atoms with E-state index in [0.29, 0.717) is 5.92 Å². The van der Waals surface area contributed by atoms with Crippen molar-refractivity contribution < 1.29 is 0 Å². The zero-order valence-corrected chi connectivity index (χ0v) is 12.4. The molecule has 3 heteroatoms. The highest BCUT2D eigenvalue weighted by molar-refractivity contribution is 5.47. The lowest BCUT2D eigenvalue weighted by atomic mass is 9.86. The smallest absolute Gasteiger partial charge is 0.0889 e. The highest BCUT2D eigenvalue weighted by atomic mass is 15.3. The van der Waals surface area contributed by atoms with Crippen LogP contribution >= 0.6 is 0 Å². The van der Waals surface area contributed by atoms with Gasteiger partial charge in [-0.25, -0.2) is 4.68 Å². The van der Waals surface area contributed by atoms with Gasteiger partial charge in [-0.05, 0) is 49.9 Å². The summed E-state index contributed by atoms with van der Waals surface area (Å²) in [4.78, 5) is 0. The van der Waals surface area contributed by atoms with E-state index in [2.05, 4.69) is 32.0 Å². The van der Waals surface area contributed by atoms with Gasteiger partial charge < -0.3 is 5.73 Å². The number of nitrogens with two attached hydrogens (primary N) is 1. The summed E-state index contributed by atoms with van der Waals surface area (Å²) >= 11 is 0. The van der Waals surface area contributed by atoms with Gasteiger partial charge in [0.1, 0.15) is 0 Å². The molecule has 0 bridgehead atoms. The normalized spacial score (nSPS) is 16.5. The van der Waals surface area contributed by atoms with Gasteiger partial charge >= 0.3 is 0 Å². The Morgan fingerprint density at radius 1 is 1.05 bits per heavy atom. The molecule has 0 unspecified atom stereocenters. The van der Waals surface area contributed by atoms with Crippen molar-refractivity contribution in [2.75, 3.05) is 5.73 Å². The minimum absolute atomic E-state index is 0.552. The zero-order valence-electron chi connectivity index (χ0n) is 12.4. The summed E-state index contributed by atoms with van der Waals surface area (Å²) in [6.07, 6.45) is 8.40. The second-order valence-corrected chi connectivity index (χ2v) is 6.10. The van der Waals surface area contributed by atoms with E-state index in [-0.39, 0.29) is 0 Å². The maximum atomic E-state index is 6.20. The molecular weight excluding hydrogens is 246 g/mol. The van der Waals surface area contributed by atoms with Crippen LogP contribution in [0.15, 0.2) is 24.4 Å². The number of nitrogens with zero attached hydrogens (tertiary/aromatic N) is 2. The molecule has 106 valence electrons. The lowest BCUT2D eigenvalue weighted by Gasteiger charge is -2.20. The van der Waals surface area contributed by atoms with Gasteiger partial charge in [0.2, 0.25) is 0 Å². The third-order valence-electron chi connectivity index (χ3n) is 4.24. The second-order valence-electron chi connectivity index (χ2n) is 6.10. The molecule has 0 radical (unpaired) electrons. The number of rotatable bonds is 2. The van der Waals surface area contributed by atoms with E-state index in [1.165, 1.54) is 43.2 Å². The molecule has 1 saturated carbocycles. The molecule has 0 atom stereocenters. The first-order chi connectivity index (χ1) is 9.63. The number of hydrogen-bond donors (Lipinski definition) is 1. The molecule has 20 heavy (non-hydrogen) atoms. The Morgan fingerprint density at radius 3 is 2.35 bits per heavy atom. The summed E-state index contributed by atoms with van der Waals surface area (Å²) in [7, 11) is 0. The summed E-state index contributed by atoms with van der Waals surface area (Å²) in [5.41, 5.74) is 11.8. The molecule has 0 aliphatic heterocycles. The van der Waals surface area contributed by atoms with E-state index < -0.39 is 0 Å². The monoisotopic (exact) mass is 269 g/mol. The number of aromatic nitrogens is 2. The van der Waals surface area contributed by atoms with Gasteiger partial charge in [0.15, 0.2) is 0 Å². The Bertz CT molecular complexity index is 586. The molecule has 3 rings (SSSR count). The van der Waals surface area contributed by atoms with Gasteiger partial charge in [-0.3, -0.25) is 0 Å². The van der Waals surface area contributed by atoms with Crippen molar-refractivity contribution in [1.82, 2.24) is 9.78 Å². The van der Waals surface area contributed by atoms with Crippen LogP contribution in [-0.4, -0.2) is 9.78 Å². The van der Waals surface area contributed by atoms with E-state index in [0.717, 1.165) is 17.1 Å². The van der Waals surface area contributed by atoms with Crippen molar-refractivity contribution in [3.05, 3.63) is 41.2 Å². The SMILES string of the molecule is Cc1cc(C)cc(-n2cc(N)c(C3CCCCC3)n2)c1. The summed E-state index contributed by atoms with van der Waals surface area (Å²) in [6, 6.07) is 6.49. The van der Waals surface area contributed by atoms with Gasteiger partial charge in [-0.15, -0.1) is 0 Å². The molecule has 1 aliphatic rings. The van der Waals surface area contributed by atoms with E-state index >= 15 is 0 Å². The molecular formula is C17H23N3. The van der Waals surface area contributed by atoms with Gasteiger partial charge in [0.05, 0.1) is 23.3 Å². The topological polar surface area (TPSA) is 43.8 Å². The average Bonchev–Trinajstić information content (AvgIpc) is 2.81. The minimum Gasteiger partial charge on any atom is -0.396 e. The lowest BCUT2D eigenvalue weighted by molar-refractivity contribution is 0.435. The molecule has 2 aromatic rings. The predicted octanol–water partition coefficient (Wildman–Crippen LogP) is 4.12. The summed E-state index contributed by atoms with van der Waals surface area (Å²) in [5, 5.41) is 4.78. The van der Waals surface area contributed by atoms with Gasteiger partial charge in [-0.1, -0.05) is 25.3 Å². The van der Waals surface area contributed by atoms with Crippen LogP contribution in [0.1, 0.15) is 54.8 Å². The van der Waals surface area contributed by atoms with Crippen molar-refractivity contribution in [2.45, 2.75) is 51.9 Å². The molecule has 1 aliphatic carbocycles. The average molecular weight is 269 g/mol. The standard InChI is InChI=1S/C17H23N3/c1-12-8-13(2)10-15(9-12)20-11-16(18)17(19-20)14-6-4-3-5-7-14/h8-11,14H,3-7,18H2,1-2H3. The third kappa shape index (κ3) is 2.58. The molecule has 1 aromatic heterocycles. The van der Waals surface area contributed by atoms with Crippen molar-refractivity contribution in [2.24, 2.45) is 0 Å². The van der Waals surface area contributed by atoms with Crippen LogP contribution in [0.4, 0.5) is 5.69 Å². The maximum absolute atomic E-state index is 6.20. The number of aryl methyl sites for hydroxylation is 2. The van der Waals surface area contributed by atoms with Crippen molar-refractivity contribution in [3.8, 4) is 5.69 Å². The van der Waals surface area contributed by atoms with Crippen molar-refractivity contribution in [3.63, 3.8) is 0 Å². The zero-order chi connectivity index (χ0) is 14.1. The van der Waals surface area contributed by atoms with Crippen LogP contribution in [-0.2, 0) is 0 Å². The largest absolute Gasteiger partial charge is 0.396 e. The Kier molecular flexibility index (Phi) is 3.51. The summed E-state index contributed by atoms with van der Waals surface area (Å²) in [6.45, 7) is 4.23. The molecule has 1 aromatic carbocycles. The molecule has 0 saturated heterocycles. The van der Waals surface area contributed by atoms with Gasteiger partial charge in [0, 0.05) is 5.92 Å². The van der Waals surface area contributed by atoms with Crippen LogP contribution in [0, 0.1) is 13.8 Å². The Balaban J connectivity index is 1.95. The maximum Gasteiger partial charge on any atom is 0.0889 e. The third-order valence-corrected chi connectivity index (χ3v) is 4.24. The highest BCUT2D eigenvalue weighted by Gasteiger charge is 2.21. The molecule has 0 spiro atoms. The molecule has 1 heterocycles. The van der Waals surface area contributed by atoms with Crippen LogP contribution in [0.25, 0.3) is 5.69 Å². The lowest BCUT2D eigenvalue weighted by Crippen LogP contribution is -2.07. The number of nitrogen functional groups attached to an aromatic ring is 1. The molecule has 3 nitrogen and oxygen atoms in total. The molecule has 1 fully saturated rings. The van der Waals surface area contributed by atoms with Gasteiger partial charge in [-0.2, -0.15) is 5.10 Å². The van der Waals surface area contributed by atoms with E-state index in [9.17, 15) is 0 Å². The molecule has 0 amide bonds. The fourth-order valence-electron chi connectivity index (χ4n) is 3.31. The highest BCUT2D eigenvalue weighted by Crippen LogP contribution is 2.34. The second kappa shape index (κ2) is 5.31. The summed E-state index contributed by atoms with van der Waals surface area (Å²) in [5.74, 6) is 0.552. The van der Waals surface area contributed by atoms with E-state index in [1.807, 2.05) is 10.9 Å². The minimum atomic E-state index is 0.552. The quantitative estimate of drug-likeness (QED) is 0.891. The van der Waals surface area contributed by atoms with Crippen LogP contribution in [0.2, 0.25) is 0 Å². The van der Waals surface area contributed by atoms with E-state index in [1.54, 1.807) is 0 Å². The number of hydrogen-bond acceptors (Lipinski definition) is 2. The predicted molar refractivity (Wildman–Crippen MR) is 83.3 cm³/mol. The first kappa shape index (κ1) is 13.2. The first-order valence-electron chi connectivity index (χ1n) is 7.57.